The number of likely N-dealkylation sites (tertiary alicyclic amines) is 1. The molecular formula is C23H27N3O4S2. The molecule has 3 aromatic rings. The number of piperidine rings is 1. The van der Waals surface area contributed by atoms with Crippen molar-refractivity contribution in [3.05, 3.63) is 57.7 Å². The summed E-state index contributed by atoms with van der Waals surface area (Å²) in [6, 6.07) is 12.0. The number of thiazole rings is 1. The third-order valence-corrected chi connectivity index (χ3v) is 8.12. The predicted molar refractivity (Wildman–Crippen MR) is 128 cm³/mol. The summed E-state index contributed by atoms with van der Waals surface area (Å²) in [6.07, 6.45) is 4.29. The lowest BCUT2D eigenvalue weighted by Gasteiger charge is -2.26. The van der Waals surface area contributed by atoms with Gasteiger partial charge >= 0.3 is 4.87 Å². The lowest BCUT2D eigenvalue weighted by Crippen LogP contribution is -2.36. The fourth-order valence-corrected chi connectivity index (χ4v) is 6.11. The summed E-state index contributed by atoms with van der Waals surface area (Å²) >= 11 is 0.999. The van der Waals surface area contributed by atoms with Crippen molar-refractivity contribution < 1.29 is 13.2 Å². The molecule has 0 spiro atoms. The van der Waals surface area contributed by atoms with Gasteiger partial charge < -0.3 is 4.90 Å². The van der Waals surface area contributed by atoms with E-state index < -0.39 is 10.0 Å². The molecule has 2 heterocycles. The first-order valence-electron chi connectivity index (χ1n) is 10.9. The number of carbonyl (C=O) groups is 1. The van der Waals surface area contributed by atoms with Crippen LogP contribution in [0.5, 0.6) is 0 Å². The Morgan fingerprint density at radius 1 is 1.09 bits per heavy atom. The molecule has 1 aliphatic heterocycles. The summed E-state index contributed by atoms with van der Waals surface area (Å²) in [5.74, 6) is 0.0636. The Bertz CT molecular complexity index is 1290. The highest BCUT2D eigenvalue weighted by atomic mass is 32.2. The zero-order valence-electron chi connectivity index (χ0n) is 18.0. The largest absolute Gasteiger partial charge is 0.343 e. The van der Waals surface area contributed by atoms with E-state index in [1.165, 1.54) is 12.1 Å². The summed E-state index contributed by atoms with van der Waals surface area (Å²) in [5.41, 5.74) is 2.19. The number of benzene rings is 2. The van der Waals surface area contributed by atoms with Gasteiger partial charge in [0.15, 0.2) is 0 Å². The number of fused-ring (bicyclic) bond motifs is 1. The van der Waals surface area contributed by atoms with Crippen molar-refractivity contribution in [3.8, 4) is 0 Å². The Balaban J connectivity index is 1.53. The first-order valence-corrected chi connectivity index (χ1v) is 13.2. The van der Waals surface area contributed by atoms with Crippen LogP contribution in [0.3, 0.4) is 0 Å². The highest BCUT2D eigenvalue weighted by molar-refractivity contribution is 7.92. The van der Waals surface area contributed by atoms with Gasteiger partial charge in [-0.1, -0.05) is 30.4 Å². The Morgan fingerprint density at radius 2 is 1.88 bits per heavy atom. The van der Waals surface area contributed by atoms with E-state index in [1.54, 1.807) is 16.7 Å². The second kappa shape index (κ2) is 9.46. The monoisotopic (exact) mass is 473 g/mol. The van der Waals surface area contributed by atoms with Gasteiger partial charge in [-0.15, -0.1) is 0 Å². The molecule has 1 aliphatic rings. The standard InChI is InChI=1S/C23H27N3O4S2/c1-2-17-7-6-8-18(15-17)24-32(29,30)19-9-10-20-21(16-19)31-23(28)26(20)14-11-22(27)25-12-4-3-5-13-25/h6-10,15-16,24H,2-5,11-14H2,1H3. The van der Waals surface area contributed by atoms with Gasteiger partial charge in [0.1, 0.15) is 0 Å². The number of hydrogen-bond acceptors (Lipinski definition) is 5. The lowest BCUT2D eigenvalue weighted by atomic mass is 10.1. The summed E-state index contributed by atoms with van der Waals surface area (Å²) in [6.45, 7) is 3.87. The fraction of sp³-hybridized carbons (Fsp3) is 0.391. The summed E-state index contributed by atoms with van der Waals surface area (Å²) < 4.78 is 30.5. The van der Waals surface area contributed by atoms with E-state index in [-0.39, 0.29) is 22.1 Å². The lowest BCUT2D eigenvalue weighted by molar-refractivity contribution is -0.132. The number of nitrogens with one attached hydrogen (secondary N) is 1. The molecule has 4 rings (SSSR count). The SMILES string of the molecule is CCc1cccc(NS(=O)(=O)c2ccc3c(c2)sc(=O)n3CCC(=O)N2CCCCC2)c1. The maximum Gasteiger partial charge on any atom is 0.308 e. The molecular weight excluding hydrogens is 446 g/mol. The normalized spacial score (nSPS) is 14.6. The highest BCUT2D eigenvalue weighted by Crippen LogP contribution is 2.24. The number of carbonyl (C=O) groups excluding carboxylic acids is 1. The molecule has 32 heavy (non-hydrogen) atoms. The highest BCUT2D eigenvalue weighted by Gasteiger charge is 2.19. The molecule has 0 aliphatic carbocycles. The average Bonchev–Trinajstić information content (AvgIpc) is 3.12. The Kier molecular flexibility index (Phi) is 6.66. The second-order valence-corrected chi connectivity index (χ2v) is 10.7. The fourth-order valence-electron chi connectivity index (χ4n) is 4.00. The molecule has 0 atom stereocenters. The van der Waals surface area contributed by atoms with Crippen LogP contribution in [0.4, 0.5) is 5.69 Å². The van der Waals surface area contributed by atoms with Crippen LogP contribution in [0.2, 0.25) is 0 Å². The van der Waals surface area contributed by atoms with Gasteiger partial charge in [0, 0.05) is 31.7 Å². The number of aromatic nitrogens is 1. The van der Waals surface area contributed by atoms with E-state index in [4.69, 9.17) is 0 Å². The maximum atomic E-state index is 12.9. The van der Waals surface area contributed by atoms with Gasteiger partial charge in [-0.25, -0.2) is 8.42 Å². The quantitative estimate of drug-likeness (QED) is 0.565. The van der Waals surface area contributed by atoms with E-state index in [0.717, 1.165) is 55.7 Å². The van der Waals surface area contributed by atoms with Crippen LogP contribution in [0.15, 0.2) is 52.2 Å². The number of anilines is 1. The van der Waals surface area contributed by atoms with Gasteiger partial charge in [-0.3, -0.25) is 18.9 Å². The van der Waals surface area contributed by atoms with E-state index in [0.29, 0.717) is 22.4 Å². The molecule has 1 fully saturated rings. The second-order valence-electron chi connectivity index (χ2n) is 8.00. The smallest absolute Gasteiger partial charge is 0.308 e. The topological polar surface area (TPSA) is 88.5 Å². The first-order chi connectivity index (χ1) is 15.4. The van der Waals surface area contributed by atoms with Crippen LogP contribution in [0, 0.1) is 0 Å². The van der Waals surface area contributed by atoms with Gasteiger partial charge in [0.05, 0.1) is 15.1 Å². The van der Waals surface area contributed by atoms with Crippen molar-refractivity contribution >= 4 is 43.2 Å². The molecule has 170 valence electrons. The van der Waals surface area contributed by atoms with Gasteiger partial charge in [-0.2, -0.15) is 0 Å². The number of rotatable bonds is 7. The van der Waals surface area contributed by atoms with Crippen LogP contribution in [0.1, 0.15) is 38.2 Å². The van der Waals surface area contributed by atoms with Crippen LogP contribution in [-0.4, -0.2) is 36.9 Å². The molecule has 1 N–H and O–H groups in total. The molecule has 1 saturated heterocycles. The Hall–Kier alpha value is -2.65. The first kappa shape index (κ1) is 22.5. The van der Waals surface area contributed by atoms with Crippen molar-refractivity contribution in [1.82, 2.24) is 9.47 Å². The van der Waals surface area contributed by atoms with E-state index in [2.05, 4.69) is 4.72 Å². The average molecular weight is 474 g/mol. The molecule has 7 nitrogen and oxygen atoms in total. The Morgan fingerprint density at radius 3 is 2.62 bits per heavy atom. The zero-order valence-corrected chi connectivity index (χ0v) is 19.7. The number of amides is 1. The van der Waals surface area contributed by atoms with Crippen LogP contribution in [-0.2, 0) is 27.8 Å². The minimum atomic E-state index is -3.79. The van der Waals surface area contributed by atoms with Crippen molar-refractivity contribution in [2.75, 3.05) is 17.8 Å². The molecule has 0 bridgehead atoms. The summed E-state index contributed by atoms with van der Waals surface area (Å²) in [5, 5.41) is 0. The van der Waals surface area contributed by atoms with Gasteiger partial charge in [0.25, 0.3) is 10.0 Å². The summed E-state index contributed by atoms with van der Waals surface area (Å²) in [7, 11) is -3.79. The van der Waals surface area contributed by atoms with Crippen molar-refractivity contribution in [3.63, 3.8) is 0 Å². The minimum absolute atomic E-state index is 0.0636. The zero-order chi connectivity index (χ0) is 22.7. The molecule has 1 amide bonds. The van der Waals surface area contributed by atoms with Crippen molar-refractivity contribution in [2.24, 2.45) is 0 Å². The summed E-state index contributed by atoms with van der Waals surface area (Å²) in [4.78, 5) is 26.8. The maximum absolute atomic E-state index is 12.9. The van der Waals surface area contributed by atoms with Crippen molar-refractivity contribution in [1.29, 1.82) is 0 Å². The van der Waals surface area contributed by atoms with Crippen LogP contribution in [0.25, 0.3) is 10.2 Å². The van der Waals surface area contributed by atoms with E-state index >= 15 is 0 Å². The third kappa shape index (κ3) is 4.88. The number of hydrogen-bond donors (Lipinski definition) is 1. The van der Waals surface area contributed by atoms with Crippen LogP contribution < -0.4 is 9.60 Å². The van der Waals surface area contributed by atoms with Gasteiger partial charge in [0.2, 0.25) is 5.91 Å². The molecule has 0 saturated carbocycles. The Labute approximate surface area is 191 Å². The van der Waals surface area contributed by atoms with Gasteiger partial charge in [-0.05, 0) is 61.6 Å². The third-order valence-electron chi connectivity index (χ3n) is 5.80. The minimum Gasteiger partial charge on any atom is -0.343 e. The molecule has 0 radical (unpaired) electrons. The molecule has 2 aromatic carbocycles. The number of aryl methyl sites for hydroxylation is 2. The van der Waals surface area contributed by atoms with E-state index in [1.807, 2.05) is 30.0 Å². The predicted octanol–water partition coefficient (Wildman–Crippen LogP) is 3.83. The van der Waals surface area contributed by atoms with E-state index in [9.17, 15) is 18.0 Å². The molecule has 1 aromatic heterocycles. The van der Waals surface area contributed by atoms with Crippen LogP contribution >= 0.6 is 11.3 Å². The van der Waals surface area contributed by atoms with Crippen molar-refractivity contribution in [2.45, 2.75) is 50.5 Å². The molecule has 0 unspecified atom stereocenters. The number of nitrogens with zero attached hydrogens (tertiary/aromatic N) is 2. The number of sulfonamides is 1. The molecule has 9 heteroatoms.